The van der Waals surface area contributed by atoms with Gasteiger partial charge in [0, 0.05) is 32.0 Å². The van der Waals surface area contributed by atoms with E-state index in [1.807, 2.05) is 0 Å². The molecule has 112 valence electrons. The number of fused-ring (bicyclic) bond motifs is 1. The Balaban J connectivity index is 2.59. The highest BCUT2D eigenvalue weighted by molar-refractivity contribution is 9.09. The van der Waals surface area contributed by atoms with Gasteiger partial charge in [-0.05, 0) is 12.5 Å². The molecule has 0 fully saturated rings. The van der Waals surface area contributed by atoms with Crippen LogP contribution in [0.25, 0.3) is 11.0 Å². The predicted molar refractivity (Wildman–Crippen MR) is 83.9 cm³/mol. The molecule has 2 rings (SSSR count). The summed E-state index contributed by atoms with van der Waals surface area (Å²) in [4.78, 5) is 40.0. The molecular weight excluding hydrogens is 340 g/mol. The second kappa shape index (κ2) is 6.21. The lowest BCUT2D eigenvalue weighted by Crippen LogP contribution is -2.37. The number of halogens is 1. The molecule has 8 heteroatoms. The molecule has 0 aromatic carbocycles. The summed E-state index contributed by atoms with van der Waals surface area (Å²) in [5.74, 6) is -0.183. The molecule has 0 aliphatic heterocycles. The van der Waals surface area contributed by atoms with Crippen LogP contribution in [0.2, 0.25) is 0 Å². The maximum atomic E-state index is 12.3. The van der Waals surface area contributed by atoms with E-state index >= 15 is 0 Å². The van der Waals surface area contributed by atoms with Crippen molar-refractivity contribution in [2.24, 2.45) is 14.1 Å². The molecule has 2 aromatic heterocycles. The van der Waals surface area contributed by atoms with Crippen LogP contribution in [0.5, 0.6) is 0 Å². The van der Waals surface area contributed by atoms with Crippen LogP contribution in [-0.2, 0) is 18.9 Å². The van der Waals surface area contributed by atoms with Crippen molar-refractivity contribution in [3.63, 3.8) is 0 Å². The van der Waals surface area contributed by atoms with E-state index in [0.717, 1.165) is 9.90 Å². The number of nitrogens with zero attached hydrogens (tertiary/aromatic N) is 3. The van der Waals surface area contributed by atoms with E-state index in [-0.39, 0.29) is 16.9 Å². The molecule has 0 saturated carbocycles. The largest absolute Gasteiger partial charge is 0.332 e. The molecule has 0 unspecified atom stereocenters. The molecule has 7 nitrogen and oxygen atoms in total. The normalized spacial score (nSPS) is 10.8. The number of anilines is 1. The van der Waals surface area contributed by atoms with Crippen LogP contribution < -0.4 is 16.6 Å². The third-order valence-electron chi connectivity index (χ3n) is 3.15. The van der Waals surface area contributed by atoms with Crippen molar-refractivity contribution in [3.05, 3.63) is 33.1 Å². The molecule has 0 saturated heterocycles. The number of carbonyl (C=O) groups excluding carboxylic acids is 1. The van der Waals surface area contributed by atoms with Crippen molar-refractivity contribution in [1.29, 1.82) is 0 Å². The van der Waals surface area contributed by atoms with Gasteiger partial charge in [0.2, 0.25) is 5.91 Å². The molecule has 2 aromatic rings. The van der Waals surface area contributed by atoms with Gasteiger partial charge in [-0.15, -0.1) is 0 Å². The quantitative estimate of drug-likeness (QED) is 0.820. The summed E-state index contributed by atoms with van der Waals surface area (Å²) in [6, 6.07) is 1.56. The third-order valence-corrected chi connectivity index (χ3v) is 3.71. The Labute approximate surface area is 128 Å². The number of rotatable bonds is 4. The van der Waals surface area contributed by atoms with Crippen LogP contribution >= 0.6 is 15.9 Å². The Morgan fingerprint density at radius 2 is 2.05 bits per heavy atom. The number of hydrogen-bond acceptors (Lipinski definition) is 4. The Kier molecular flexibility index (Phi) is 4.56. The van der Waals surface area contributed by atoms with Gasteiger partial charge in [0.15, 0.2) is 5.65 Å². The highest BCUT2D eigenvalue weighted by Gasteiger charge is 2.14. The first-order valence-corrected chi connectivity index (χ1v) is 7.50. The molecule has 2 heterocycles. The van der Waals surface area contributed by atoms with Gasteiger partial charge in [0.1, 0.15) is 5.39 Å². The second-order valence-electron chi connectivity index (χ2n) is 4.60. The minimum atomic E-state index is -0.475. The standard InChI is InChI=1S/C13H15BrN4O3/c1-17-11-10(12(20)18(2)13(17)21)8(5-7-15-11)16-9(19)4-3-6-14/h5,7H,3-4,6H2,1-2H3,(H,15,16,19). The van der Waals surface area contributed by atoms with Crippen LogP contribution in [0.4, 0.5) is 5.69 Å². The van der Waals surface area contributed by atoms with Crippen molar-refractivity contribution in [1.82, 2.24) is 14.1 Å². The van der Waals surface area contributed by atoms with Crippen molar-refractivity contribution in [2.45, 2.75) is 12.8 Å². The maximum absolute atomic E-state index is 12.3. The van der Waals surface area contributed by atoms with Crippen molar-refractivity contribution >= 4 is 38.6 Å². The van der Waals surface area contributed by atoms with Gasteiger partial charge in [-0.3, -0.25) is 18.7 Å². The zero-order valence-corrected chi connectivity index (χ0v) is 13.3. The minimum Gasteiger partial charge on any atom is -0.325 e. The fraction of sp³-hybridized carbons (Fsp3) is 0.385. The van der Waals surface area contributed by atoms with E-state index in [0.29, 0.717) is 18.5 Å². The lowest BCUT2D eigenvalue weighted by Gasteiger charge is -2.11. The molecule has 0 aliphatic carbocycles. The van der Waals surface area contributed by atoms with Crippen molar-refractivity contribution in [3.8, 4) is 0 Å². The van der Waals surface area contributed by atoms with E-state index in [1.165, 1.54) is 24.9 Å². The van der Waals surface area contributed by atoms with Gasteiger partial charge < -0.3 is 5.32 Å². The summed E-state index contributed by atoms with van der Waals surface area (Å²) in [5.41, 5.74) is -0.308. The number of pyridine rings is 1. The number of alkyl halides is 1. The van der Waals surface area contributed by atoms with Gasteiger partial charge in [0.05, 0.1) is 5.69 Å². The van der Waals surface area contributed by atoms with Crippen LogP contribution in [0, 0.1) is 0 Å². The summed E-state index contributed by atoms with van der Waals surface area (Å²) in [7, 11) is 2.93. The Morgan fingerprint density at radius 1 is 1.33 bits per heavy atom. The van der Waals surface area contributed by atoms with Gasteiger partial charge in [-0.1, -0.05) is 15.9 Å². The van der Waals surface area contributed by atoms with Crippen molar-refractivity contribution < 1.29 is 4.79 Å². The summed E-state index contributed by atoms with van der Waals surface area (Å²) >= 11 is 3.26. The number of amides is 1. The van der Waals surface area contributed by atoms with Gasteiger partial charge >= 0.3 is 5.69 Å². The first kappa shape index (κ1) is 15.4. The van der Waals surface area contributed by atoms with E-state index in [4.69, 9.17) is 0 Å². The summed E-state index contributed by atoms with van der Waals surface area (Å²) in [6.45, 7) is 0. The molecule has 21 heavy (non-hydrogen) atoms. The van der Waals surface area contributed by atoms with Gasteiger partial charge in [-0.25, -0.2) is 9.78 Å². The van der Waals surface area contributed by atoms with Crippen LogP contribution in [0.15, 0.2) is 21.9 Å². The third kappa shape index (κ3) is 2.90. The number of nitrogens with one attached hydrogen (secondary N) is 1. The van der Waals surface area contributed by atoms with Gasteiger partial charge in [0.25, 0.3) is 5.56 Å². The van der Waals surface area contributed by atoms with Crippen LogP contribution in [0.3, 0.4) is 0 Å². The fourth-order valence-electron chi connectivity index (χ4n) is 2.03. The minimum absolute atomic E-state index is 0.183. The van der Waals surface area contributed by atoms with E-state index < -0.39 is 11.2 Å². The second-order valence-corrected chi connectivity index (χ2v) is 5.40. The molecule has 0 radical (unpaired) electrons. The van der Waals surface area contributed by atoms with Crippen LogP contribution in [-0.4, -0.2) is 25.4 Å². The smallest absolute Gasteiger partial charge is 0.325 e. The monoisotopic (exact) mass is 354 g/mol. The predicted octanol–water partition coefficient (Wildman–Crippen LogP) is 0.746. The summed E-state index contributed by atoms with van der Waals surface area (Å²) in [5, 5.41) is 3.67. The molecule has 0 spiro atoms. The number of carbonyl (C=O) groups is 1. The maximum Gasteiger partial charge on any atom is 0.332 e. The average molecular weight is 355 g/mol. The van der Waals surface area contributed by atoms with E-state index in [1.54, 1.807) is 6.07 Å². The topological polar surface area (TPSA) is 86.0 Å². The Bertz CT molecular complexity index is 809. The SMILES string of the molecule is Cn1c(=O)c2c(NC(=O)CCCBr)ccnc2n(C)c1=O. The Morgan fingerprint density at radius 3 is 2.71 bits per heavy atom. The number of aryl methyl sites for hydroxylation is 1. The molecule has 0 bridgehead atoms. The zero-order valence-electron chi connectivity index (χ0n) is 11.7. The van der Waals surface area contributed by atoms with Gasteiger partial charge in [-0.2, -0.15) is 0 Å². The molecular formula is C13H15BrN4O3. The highest BCUT2D eigenvalue weighted by Crippen LogP contribution is 2.16. The molecule has 0 atom stereocenters. The summed E-state index contributed by atoms with van der Waals surface area (Å²) < 4.78 is 2.28. The first-order valence-electron chi connectivity index (χ1n) is 6.38. The van der Waals surface area contributed by atoms with Crippen molar-refractivity contribution in [2.75, 3.05) is 10.6 Å². The first-order chi connectivity index (χ1) is 9.97. The van der Waals surface area contributed by atoms with Crippen LogP contribution in [0.1, 0.15) is 12.8 Å². The fourth-order valence-corrected chi connectivity index (χ4v) is 2.31. The highest BCUT2D eigenvalue weighted by atomic mass is 79.9. The average Bonchev–Trinajstić information content (AvgIpc) is 2.48. The number of aromatic nitrogens is 3. The lowest BCUT2D eigenvalue weighted by molar-refractivity contribution is -0.116. The zero-order chi connectivity index (χ0) is 15.6. The number of hydrogen-bond donors (Lipinski definition) is 1. The lowest BCUT2D eigenvalue weighted by atomic mass is 10.2. The summed E-state index contributed by atoms with van der Waals surface area (Å²) in [6.07, 6.45) is 2.51. The Hall–Kier alpha value is -1.96. The molecule has 1 amide bonds. The van der Waals surface area contributed by atoms with E-state index in [2.05, 4.69) is 26.2 Å². The molecule has 1 N–H and O–H groups in total. The van der Waals surface area contributed by atoms with E-state index in [9.17, 15) is 14.4 Å². The molecule has 0 aliphatic rings.